The predicted molar refractivity (Wildman–Crippen MR) is 79.7 cm³/mol. The van der Waals surface area contributed by atoms with Crippen molar-refractivity contribution in [2.45, 2.75) is 31.5 Å². The van der Waals surface area contributed by atoms with Gasteiger partial charge in [-0.05, 0) is 31.0 Å². The summed E-state index contributed by atoms with van der Waals surface area (Å²) in [5.41, 5.74) is 3.19. The maximum Gasteiger partial charge on any atom is 0.155 e. The Kier molecular flexibility index (Phi) is 3.06. The van der Waals surface area contributed by atoms with E-state index in [0.29, 0.717) is 21.4 Å². The molecular weight excluding hydrogens is 311 g/mol. The average Bonchev–Trinajstić information content (AvgIpc) is 2.83. The number of benzene rings is 1. The van der Waals surface area contributed by atoms with E-state index in [0.717, 1.165) is 30.4 Å². The summed E-state index contributed by atoms with van der Waals surface area (Å²) in [6.07, 6.45) is 2.91. The van der Waals surface area contributed by atoms with E-state index < -0.39 is 0 Å². The number of phenols is 1. The van der Waals surface area contributed by atoms with Gasteiger partial charge >= 0.3 is 0 Å². The lowest BCUT2D eigenvalue weighted by Gasteiger charge is -2.26. The molecule has 3 heterocycles. The highest BCUT2D eigenvalue weighted by Crippen LogP contribution is 2.47. The quantitative estimate of drug-likeness (QED) is 0.864. The van der Waals surface area contributed by atoms with E-state index in [2.05, 4.69) is 10.2 Å². The third-order valence-electron chi connectivity index (χ3n) is 4.14. The van der Waals surface area contributed by atoms with Gasteiger partial charge in [-0.1, -0.05) is 23.2 Å². The Morgan fingerprint density at radius 2 is 2.05 bits per heavy atom. The Hall–Kier alpha value is -1.36. The number of ether oxygens (including phenoxy) is 1. The average molecular weight is 323 g/mol. The molecule has 0 aliphatic carbocycles. The van der Waals surface area contributed by atoms with Crippen LogP contribution in [0.5, 0.6) is 5.75 Å². The van der Waals surface area contributed by atoms with Gasteiger partial charge < -0.3 is 9.84 Å². The summed E-state index contributed by atoms with van der Waals surface area (Å²) in [7, 11) is 0. The SMILES string of the molecule is Oc1cc(Cl)ccc1-c1nnc(Cl)c2c1C1CCC(C2)O1. The topological polar surface area (TPSA) is 55.2 Å². The summed E-state index contributed by atoms with van der Waals surface area (Å²) in [4.78, 5) is 0. The molecule has 6 heteroatoms. The first-order chi connectivity index (χ1) is 10.1. The first-order valence-corrected chi connectivity index (χ1v) is 7.58. The second-order valence-electron chi connectivity index (χ2n) is 5.42. The number of nitrogens with zero attached hydrogens (tertiary/aromatic N) is 2. The molecule has 2 aliphatic heterocycles. The first kappa shape index (κ1) is 13.3. The fraction of sp³-hybridized carbons (Fsp3) is 0.333. The molecule has 1 saturated heterocycles. The first-order valence-electron chi connectivity index (χ1n) is 6.83. The summed E-state index contributed by atoms with van der Waals surface area (Å²) >= 11 is 12.1. The van der Waals surface area contributed by atoms with Crippen molar-refractivity contribution in [3.05, 3.63) is 39.5 Å². The number of phenolic OH excluding ortho intramolecular Hbond substituents is 1. The van der Waals surface area contributed by atoms with Gasteiger partial charge in [0.15, 0.2) is 5.15 Å². The molecule has 1 aromatic heterocycles. The van der Waals surface area contributed by atoms with E-state index in [4.69, 9.17) is 27.9 Å². The molecule has 108 valence electrons. The molecule has 1 fully saturated rings. The summed E-state index contributed by atoms with van der Waals surface area (Å²) < 4.78 is 5.97. The number of hydrogen-bond acceptors (Lipinski definition) is 4. The lowest BCUT2D eigenvalue weighted by molar-refractivity contribution is 0.0323. The van der Waals surface area contributed by atoms with Gasteiger partial charge in [-0.25, -0.2) is 0 Å². The summed E-state index contributed by atoms with van der Waals surface area (Å²) in [5.74, 6) is 0.0847. The molecule has 2 unspecified atom stereocenters. The van der Waals surface area contributed by atoms with Gasteiger partial charge in [-0.15, -0.1) is 10.2 Å². The molecule has 1 N–H and O–H groups in total. The van der Waals surface area contributed by atoms with Crippen LogP contribution in [0.25, 0.3) is 11.3 Å². The van der Waals surface area contributed by atoms with Crippen molar-refractivity contribution in [1.82, 2.24) is 10.2 Å². The highest BCUT2D eigenvalue weighted by atomic mass is 35.5. The number of halogens is 2. The maximum atomic E-state index is 10.2. The minimum absolute atomic E-state index is 0.0168. The lowest BCUT2D eigenvalue weighted by Crippen LogP contribution is -2.20. The Balaban J connectivity index is 1.95. The van der Waals surface area contributed by atoms with E-state index in [1.54, 1.807) is 12.1 Å². The number of aromatic hydroxyl groups is 1. The van der Waals surface area contributed by atoms with Crippen LogP contribution in [0.3, 0.4) is 0 Å². The summed E-state index contributed by atoms with van der Waals surface area (Å²) in [5, 5.41) is 19.3. The van der Waals surface area contributed by atoms with Gasteiger partial charge in [0.2, 0.25) is 0 Å². The second-order valence-corrected chi connectivity index (χ2v) is 6.22. The molecule has 1 aromatic carbocycles. The van der Waals surface area contributed by atoms with Crippen LogP contribution < -0.4 is 0 Å². The molecule has 2 atom stereocenters. The molecule has 21 heavy (non-hydrogen) atoms. The molecule has 0 saturated carbocycles. The molecule has 4 nitrogen and oxygen atoms in total. The largest absolute Gasteiger partial charge is 0.507 e. The van der Waals surface area contributed by atoms with E-state index in [-0.39, 0.29) is 18.0 Å². The summed E-state index contributed by atoms with van der Waals surface area (Å²) in [6.45, 7) is 0. The smallest absolute Gasteiger partial charge is 0.155 e. The van der Waals surface area contributed by atoms with Gasteiger partial charge in [0.05, 0.1) is 12.2 Å². The van der Waals surface area contributed by atoms with Crippen LogP contribution in [0.1, 0.15) is 30.1 Å². The Morgan fingerprint density at radius 3 is 2.86 bits per heavy atom. The van der Waals surface area contributed by atoms with Crippen LogP contribution in [0.15, 0.2) is 18.2 Å². The van der Waals surface area contributed by atoms with Crippen LogP contribution in [-0.4, -0.2) is 21.4 Å². The van der Waals surface area contributed by atoms with Gasteiger partial charge in [0, 0.05) is 28.1 Å². The third-order valence-corrected chi connectivity index (χ3v) is 4.68. The Labute approximate surface area is 131 Å². The Morgan fingerprint density at radius 1 is 1.19 bits per heavy atom. The monoisotopic (exact) mass is 322 g/mol. The molecule has 4 rings (SSSR count). The molecule has 0 radical (unpaired) electrons. The molecular formula is C15H12Cl2N2O2. The highest BCUT2D eigenvalue weighted by Gasteiger charge is 2.38. The van der Waals surface area contributed by atoms with Gasteiger partial charge in [0.1, 0.15) is 11.4 Å². The minimum atomic E-state index is -0.0168. The number of hydrogen-bond donors (Lipinski definition) is 1. The summed E-state index contributed by atoms with van der Waals surface area (Å²) in [6, 6.07) is 4.97. The zero-order chi connectivity index (χ0) is 14.6. The molecule has 0 spiro atoms. The fourth-order valence-electron chi connectivity index (χ4n) is 3.20. The maximum absolute atomic E-state index is 10.2. The molecule has 2 aliphatic rings. The van der Waals surface area contributed by atoms with E-state index in [1.807, 2.05) is 0 Å². The van der Waals surface area contributed by atoms with Crippen LogP contribution in [0.2, 0.25) is 10.2 Å². The third kappa shape index (κ3) is 2.09. The van der Waals surface area contributed by atoms with Crippen molar-refractivity contribution in [3.8, 4) is 17.0 Å². The van der Waals surface area contributed by atoms with Crippen LogP contribution in [0.4, 0.5) is 0 Å². The second kappa shape index (κ2) is 4.83. The number of aromatic nitrogens is 2. The number of fused-ring (bicyclic) bond motifs is 4. The predicted octanol–water partition coefficient (Wildman–Crippen LogP) is 3.93. The van der Waals surface area contributed by atoms with Crippen LogP contribution >= 0.6 is 23.2 Å². The standard InChI is InChI=1S/C15H12Cl2N2O2/c16-7-1-3-9(11(20)5-7)14-13-10(15(17)19-18-14)6-8-2-4-12(13)21-8/h1,3,5,8,12,20H,2,4,6H2. The van der Waals surface area contributed by atoms with Crippen molar-refractivity contribution in [3.63, 3.8) is 0 Å². The van der Waals surface area contributed by atoms with E-state index in [1.165, 1.54) is 6.07 Å². The van der Waals surface area contributed by atoms with E-state index in [9.17, 15) is 5.11 Å². The van der Waals surface area contributed by atoms with Gasteiger partial charge in [-0.3, -0.25) is 0 Å². The van der Waals surface area contributed by atoms with Crippen LogP contribution in [0, 0.1) is 0 Å². The zero-order valence-electron chi connectivity index (χ0n) is 11.0. The van der Waals surface area contributed by atoms with Crippen LogP contribution in [-0.2, 0) is 11.2 Å². The van der Waals surface area contributed by atoms with Gasteiger partial charge in [-0.2, -0.15) is 0 Å². The van der Waals surface area contributed by atoms with Crippen molar-refractivity contribution in [2.24, 2.45) is 0 Å². The molecule has 2 bridgehead atoms. The number of rotatable bonds is 1. The Bertz CT molecular complexity index is 736. The lowest BCUT2D eigenvalue weighted by atomic mass is 9.95. The highest BCUT2D eigenvalue weighted by molar-refractivity contribution is 6.31. The zero-order valence-corrected chi connectivity index (χ0v) is 12.5. The molecule has 2 aromatic rings. The van der Waals surface area contributed by atoms with E-state index >= 15 is 0 Å². The van der Waals surface area contributed by atoms with Crippen molar-refractivity contribution in [2.75, 3.05) is 0 Å². The van der Waals surface area contributed by atoms with Gasteiger partial charge in [0.25, 0.3) is 0 Å². The normalized spacial score (nSPS) is 23.1. The van der Waals surface area contributed by atoms with Crippen molar-refractivity contribution in [1.29, 1.82) is 0 Å². The molecule has 0 amide bonds. The fourth-order valence-corrected chi connectivity index (χ4v) is 3.59. The van der Waals surface area contributed by atoms with Crippen molar-refractivity contribution < 1.29 is 9.84 Å². The minimum Gasteiger partial charge on any atom is -0.507 e. The van der Waals surface area contributed by atoms with Crippen molar-refractivity contribution >= 4 is 23.2 Å².